The molecule has 2 N–H and O–H groups in total. The first kappa shape index (κ1) is 28.7. The zero-order valence-corrected chi connectivity index (χ0v) is 24.3. The number of carbonyl (C=O) groups excluding carboxylic acids is 1. The van der Waals surface area contributed by atoms with E-state index in [1.807, 2.05) is 30.3 Å². The largest absolute Gasteiger partial charge is 0.480 e. The molecule has 1 aliphatic carbocycles. The number of amides is 1. The molecule has 7 nitrogen and oxygen atoms in total. The summed E-state index contributed by atoms with van der Waals surface area (Å²) in [6.07, 6.45) is 5.35. The molecule has 1 fully saturated rings. The summed E-state index contributed by atoms with van der Waals surface area (Å²) in [7, 11) is 0. The summed E-state index contributed by atoms with van der Waals surface area (Å²) < 4.78 is 11.5. The summed E-state index contributed by atoms with van der Waals surface area (Å²) in [5.74, 6) is 0.580. The Kier molecular flexibility index (Phi) is 8.36. The van der Waals surface area contributed by atoms with Gasteiger partial charge < -0.3 is 19.6 Å². The Morgan fingerprint density at radius 1 is 1.05 bits per heavy atom. The van der Waals surface area contributed by atoms with Crippen LogP contribution >= 0.6 is 11.6 Å². The summed E-state index contributed by atoms with van der Waals surface area (Å²) in [5, 5.41) is 14.3. The number of carbonyl (C=O) groups is 2. The average Bonchev–Trinajstić information content (AvgIpc) is 3.59. The lowest BCUT2D eigenvalue weighted by atomic mass is 9.87. The lowest BCUT2D eigenvalue weighted by Gasteiger charge is -2.19. The van der Waals surface area contributed by atoms with Crippen LogP contribution < -0.4 is 10.1 Å². The molecule has 214 valence electrons. The molecule has 1 saturated carbocycles. The maximum absolute atomic E-state index is 13.3. The predicted octanol–water partition coefficient (Wildman–Crippen LogP) is 7.73. The Morgan fingerprint density at radius 2 is 1.76 bits per heavy atom. The number of hydrogen-bond acceptors (Lipinski definition) is 5. The molecule has 4 aromatic rings. The molecule has 8 heteroatoms. The third-order valence-corrected chi connectivity index (χ3v) is 7.87. The van der Waals surface area contributed by atoms with Gasteiger partial charge in [-0.25, -0.2) is 9.78 Å². The van der Waals surface area contributed by atoms with Crippen molar-refractivity contribution in [2.45, 2.75) is 70.8 Å². The average molecular weight is 575 g/mol. The Hall–Kier alpha value is -3.84. The second kappa shape index (κ2) is 12.0. The quantitative estimate of drug-likeness (QED) is 0.212. The van der Waals surface area contributed by atoms with Gasteiger partial charge in [-0.1, -0.05) is 64.7 Å². The van der Waals surface area contributed by atoms with E-state index in [9.17, 15) is 14.7 Å². The molecule has 5 rings (SSSR count). The maximum Gasteiger partial charge on any atom is 0.326 e. The molecule has 0 radical (unpaired) electrons. The molecule has 0 aliphatic heterocycles. The number of hydrogen-bond donors (Lipinski definition) is 2. The highest BCUT2D eigenvalue weighted by atomic mass is 35.5. The van der Waals surface area contributed by atoms with Gasteiger partial charge in [-0.15, -0.1) is 0 Å². The van der Waals surface area contributed by atoms with E-state index in [1.165, 1.54) is 24.5 Å². The molecular formula is C33H35ClN2O5. The first-order valence-corrected chi connectivity index (χ1v) is 14.4. The lowest BCUT2D eigenvalue weighted by Crippen LogP contribution is -2.42. The van der Waals surface area contributed by atoms with Crippen LogP contribution in [-0.4, -0.2) is 28.0 Å². The minimum absolute atomic E-state index is 0.0340. The van der Waals surface area contributed by atoms with E-state index in [4.69, 9.17) is 25.7 Å². The number of ether oxygens (including phenoxy) is 1. The second-order valence-corrected chi connectivity index (χ2v) is 12.2. The maximum atomic E-state index is 13.3. The van der Waals surface area contributed by atoms with Gasteiger partial charge in [-0.2, -0.15) is 0 Å². The molecule has 0 saturated heterocycles. The predicted molar refractivity (Wildman–Crippen MR) is 159 cm³/mol. The number of aromatic nitrogens is 1. The van der Waals surface area contributed by atoms with Crippen molar-refractivity contribution in [3.05, 3.63) is 88.6 Å². The van der Waals surface area contributed by atoms with Gasteiger partial charge in [-0.05, 0) is 82.8 Å². The number of aliphatic carboxylic acids is 1. The van der Waals surface area contributed by atoms with Gasteiger partial charge in [0, 0.05) is 17.5 Å². The Bertz CT molecular complexity index is 1550. The first-order valence-electron chi connectivity index (χ1n) is 14.0. The summed E-state index contributed by atoms with van der Waals surface area (Å²) in [6, 6.07) is 17.5. The fourth-order valence-corrected chi connectivity index (χ4v) is 5.54. The standard InChI is InChI=1S/C33H35ClN2O5/c1-33(2,3)22-9-12-23(13-10-22)40-24-11-8-21-17-28(35-27(26(21)18-24)16-20-6-4-5-7-20)31(37)36-29(32(38)39)19-25-14-15-30(34)41-25/h8-15,17-18,20,29H,4-7,16,19H2,1-3H3,(H,36,37)(H,38,39)/t29-/m0/s1. The third kappa shape index (κ3) is 7.09. The van der Waals surface area contributed by atoms with Crippen LogP contribution in [-0.2, 0) is 23.1 Å². The molecule has 41 heavy (non-hydrogen) atoms. The fourth-order valence-electron chi connectivity index (χ4n) is 5.37. The molecule has 0 spiro atoms. The first-order chi connectivity index (χ1) is 19.5. The fraction of sp³-hybridized carbons (Fsp3) is 0.364. The normalized spacial score (nSPS) is 14.7. The van der Waals surface area contributed by atoms with Crippen molar-refractivity contribution >= 4 is 34.2 Å². The highest BCUT2D eigenvalue weighted by Crippen LogP contribution is 2.33. The summed E-state index contributed by atoms with van der Waals surface area (Å²) in [5.41, 5.74) is 2.29. The number of benzene rings is 2. The van der Waals surface area contributed by atoms with Gasteiger partial charge in [0.2, 0.25) is 0 Å². The Morgan fingerprint density at radius 3 is 2.39 bits per heavy atom. The number of halogens is 1. The van der Waals surface area contributed by atoms with E-state index in [1.54, 1.807) is 12.1 Å². The Balaban J connectivity index is 1.42. The second-order valence-electron chi connectivity index (χ2n) is 11.8. The van der Waals surface area contributed by atoms with Crippen LogP contribution in [0.5, 0.6) is 11.5 Å². The molecule has 0 unspecified atom stereocenters. The van der Waals surface area contributed by atoms with E-state index in [-0.39, 0.29) is 22.7 Å². The molecule has 0 bridgehead atoms. The number of carboxylic acid groups (broad SMARTS) is 1. The van der Waals surface area contributed by atoms with Crippen molar-refractivity contribution in [2.24, 2.45) is 5.92 Å². The smallest absolute Gasteiger partial charge is 0.326 e. The number of rotatable bonds is 9. The molecule has 2 heterocycles. The van der Waals surface area contributed by atoms with E-state index >= 15 is 0 Å². The van der Waals surface area contributed by atoms with Crippen molar-refractivity contribution in [1.29, 1.82) is 0 Å². The molecule has 2 aromatic carbocycles. The lowest BCUT2D eigenvalue weighted by molar-refractivity contribution is -0.139. The molecule has 1 aliphatic rings. The van der Waals surface area contributed by atoms with Crippen molar-refractivity contribution in [3.8, 4) is 11.5 Å². The van der Waals surface area contributed by atoms with Crippen molar-refractivity contribution in [2.75, 3.05) is 0 Å². The monoisotopic (exact) mass is 574 g/mol. The van der Waals surface area contributed by atoms with E-state index in [2.05, 4.69) is 38.2 Å². The summed E-state index contributed by atoms with van der Waals surface area (Å²) in [6.45, 7) is 6.53. The minimum Gasteiger partial charge on any atom is -0.480 e. The topological polar surface area (TPSA) is 102 Å². The number of fused-ring (bicyclic) bond motifs is 1. The van der Waals surface area contributed by atoms with Crippen LogP contribution in [0, 0.1) is 5.92 Å². The van der Waals surface area contributed by atoms with Gasteiger partial charge in [0.25, 0.3) is 5.91 Å². The molecule has 2 aromatic heterocycles. The van der Waals surface area contributed by atoms with Crippen molar-refractivity contribution in [3.63, 3.8) is 0 Å². The van der Waals surface area contributed by atoms with Gasteiger partial charge >= 0.3 is 5.97 Å². The van der Waals surface area contributed by atoms with E-state index < -0.39 is 17.9 Å². The van der Waals surface area contributed by atoms with Gasteiger partial charge in [0.15, 0.2) is 5.22 Å². The number of carboxylic acids is 1. The number of nitrogens with zero attached hydrogens (tertiary/aromatic N) is 1. The highest BCUT2D eigenvalue weighted by Gasteiger charge is 2.25. The molecule has 1 amide bonds. The van der Waals surface area contributed by atoms with Gasteiger partial charge in [-0.3, -0.25) is 4.79 Å². The van der Waals surface area contributed by atoms with Gasteiger partial charge in [0.1, 0.15) is 29.0 Å². The SMILES string of the molecule is CC(C)(C)c1ccc(Oc2ccc3cc(C(=O)N[C@@H](Cc4ccc(Cl)o4)C(=O)O)nc(CC4CCCC4)c3c2)cc1. The number of pyridine rings is 1. The van der Waals surface area contributed by atoms with Crippen molar-refractivity contribution in [1.82, 2.24) is 10.3 Å². The number of furan rings is 1. The van der Waals surface area contributed by atoms with Crippen LogP contribution in [0.1, 0.15) is 74.0 Å². The van der Waals surface area contributed by atoms with Crippen molar-refractivity contribution < 1.29 is 23.8 Å². The summed E-state index contributed by atoms with van der Waals surface area (Å²) >= 11 is 5.83. The van der Waals surface area contributed by atoms with Crippen LogP contribution in [0.15, 0.2) is 65.1 Å². The molecular weight excluding hydrogens is 540 g/mol. The highest BCUT2D eigenvalue weighted by molar-refractivity contribution is 6.28. The van der Waals surface area contributed by atoms with Gasteiger partial charge in [0.05, 0.1) is 0 Å². The third-order valence-electron chi connectivity index (χ3n) is 7.67. The van der Waals surface area contributed by atoms with E-state index in [0.717, 1.165) is 41.5 Å². The van der Waals surface area contributed by atoms with Crippen LogP contribution in [0.25, 0.3) is 10.8 Å². The zero-order chi connectivity index (χ0) is 29.1. The van der Waals surface area contributed by atoms with E-state index in [0.29, 0.717) is 17.4 Å². The summed E-state index contributed by atoms with van der Waals surface area (Å²) in [4.78, 5) is 30.0. The van der Waals surface area contributed by atoms with Crippen LogP contribution in [0.3, 0.4) is 0 Å². The van der Waals surface area contributed by atoms with Crippen LogP contribution in [0.4, 0.5) is 0 Å². The zero-order valence-electron chi connectivity index (χ0n) is 23.6. The van der Waals surface area contributed by atoms with Crippen LogP contribution in [0.2, 0.25) is 5.22 Å². The number of nitrogens with one attached hydrogen (secondary N) is 1. The Labute approximate surface area is 244 Å². The minimum atomic E-state index is -1.19. The molecule has 1 atom stereocenters.